The molecule has 0 saturated heterocycles. The molecule has 0 aromatic carbocycles. The highest BCUT2D eigenvalue weighted by Crippen LogP contribution is 2.16. The van der Waals surface area contributed by atoms with Crippen LogP contribution in [0.3, 0.4) is 0 Å². The zero-order chi connectivity index (χ0) is 13.8. The van der Waals surface area contributed by atoms with Gasteiger partial charge in [0, 0.05) is 18.8 Å². The number of imidazole rings is 1. The van der Waals surface area contributed by atoms with Crippen molar-refractivity contribution in [3.63, 3.8) is 0 Å². The number of aromatic nitrogens is 2. The molecule has 0 unspecified atom stereocenters. The average molecular weight is 262 g/mol. The summed E-state index contributed by atoms with van der Waals surface area (Å²) in [7, 11) is 0. The Balaban J connectivity index is 2.19. The highest BCUT2D eigenvalue weighted by molar-refractivity contribution is 5.94. The molecular formula is C13H18N4O2. The van der Waals surface area contributed by atoms with E-state index in [4.69, 9.17) is 10.3 Å². The normalized spacial score (nSPS) is 10.7. The molecule has 0 aliphatic rings. The number of nitrogen functional groups attached to an aromatic ring is 1. The van der Waals surface area contributed by atoms with Gasteiger partial charge in [0.2, 0.25) is 0 Å². The Kier molecular flexibility index (Phi) is 4.01. The summed E-state index contributed by atoms with van der Waals surface area (Å²) in [6.45, 7) is 4.42. The summed E-state index contributed by atoms with van der Waals surface area (Å²) in [6.07, 6.45) is 5.64. The molecule has 0 radical (unpaired) electrons. The third-order valence-corrected chi connectivity index (χ3v) is 2.95. The maximum Gasteiger partial charge on any atom is 0.268 e. The molecule has 0 aliphatic heterocycles. The van der Waals surface area contributed by atoms with Gasteiger partial charge in [-0.05, 0) is 19.4 Å². The van der Waals surface area contributed by atoms with Gasteiger partial charge in [-0.2, -0.15) is 0 Å². The van der Waals surface area contributed by atoms with Crippen LogP contribution in [0, 0.1) is 6.92 Å². The lowest BCUT2D eigenvalue weighted by Crippen LogP contribution is -2.30. The first kappa shape index (κ1) is 13.4. The summed E-state index contributed by atoms with van der Waals surface area (Å²) >= 11 is 0. The Morgan fingerprint density at radius 1 is 1.58 bits per heavy atom. The number of aryl methyl sites for hydroxylation is 2. The Hall–Kier alpha value is -2.08. The smallest absolute Gasteiger partial charge is 0.268 e. The minimum atomic E-state index is -0.341. The zero-order valence-corrected chi connectivity index (χ0v) is 11.1. The van der Waals surface area contributed by atoms with Gasteiger partial charge >= 0.3 is 0 Å². The standard InChI is InChI=1S/C13H18N4O2/c1-3-4-12-15-5-6-17(12)8-10-7-11(9(2)19-10)13(18)16-14/h5-7H,3-4,8,14H2,1-2H3,(H,16,18). The van der Waals surface area contributed by atoms with Gasteiger partial charge in [-0.25, -0.2) is 10.8 Å². The summed E-state index contributed by atoms with van der Waals surface area (Å²) < 4.78 is 7.60. The van der Waals surface area contributed by atoms with E-state index in [2.05, 4.69) is 17.3 Å². The van der Waals surface area contributed by atoms with Crippen molar-refractivity contribution in [3.8, 4) is 0 Å². The number of furan rings is 1. The second kappa shape index (κ2) is 5.71. The van der Waals surface area contributed by atoms with Gasteiger partial charge < -0.3 is 8.98 Å². The fraction of sp³-hybridized carbons (Fsp3) is 0.385. The first-order valence-electron chi connectivity index (χ1n) is 6.26. The highest BCUT2D eigenvalue weighted by Gasteiger charge is 2.14. The van der Waals surface area contributed by atoms with Crippen molar-refractivity contribution in [1.82, 2.24) is 15.0 Å². The molecule has 2 aromatic rings. The minimum absolute atomic E-state index is 0.341. The number of nitrogens with two attached hydrogens (primary N) is 1. The number of nitrogens with zero attached hydrogens (tertiary/aromatic N) is 2. The lowest BCUT2D eigenvalue weighted by molar-refractivity contribution is 0.0952. The maximum absolute atomic E-state index is 11.5. The Labute approximate surface area is 111 Å². The van der Waals surface area contributed by atoms with Crippen LogP contribution in [-0.2, 0) is 13.0 Å². The third-order valence-electron chi connectivity index (χ3n) is 2.95. The lowest BCUT2D eigenvalue weighted by Gasteiger charge is -2.04. The van der Waals surface area contributed by atoms with E-state index in [0.717, 1.165) is 18.7 Å². The summed E-state index contributed by atoms with van der Waals surface area (Å²) in [5.74, 6) is 7.08. The summed E-state index contributed by atoms with van der Waals surface area (Å²) in [5, 5.41) is 0. The first-order valence-corrected chi connectivity index (χ1v) is 6.26. The van der Waals surface area contributed by atoms with Crippen molar-refractivity contribution < 1.29 is 9.21 Å². The second-order valence-electron chi connectivity index (χ2n) is 4.38. The fourth-order valence-corrected chi connectivity index (χ4v) is 2.03. The average Bonchev–Trinajstić information content (AvgIpc) is 2.97. The molecule has 0 aliphatic carbocycles. The Morgan fingerprint density at radius 2 is 2.37 bits per heavy atom. The summed E-state index contributed by atoms with van der Waals surface area (Å²) in [5.41, 5.74) is 2.58. The molecule has 0 atom stereocenters. The van der Waals surface area contributed by atoms with Crippen LogP contribution in [0.1, 0.15) is 41.0 Å². The lowest BCUT2D eigenvalue weighted by atomic mass is 10.2. The van der Waals surface area contributed by atoms with Gasteiger partial charge in [0.1, 0.15) is 17.3 Å². The first-order chi connectivity index (χ1) is 9.15. The van der Waals surface area contributed by atoms with Gasteiger partial charge in [0.25, 0.3) is 5.91 Å². The van der Waals surface area contributed by atoms with Crippen LogP contribution in [0.25, 0.3) is 0 Å². The van der Waals surface area contributed by atoms with Crippen LogP contribution in [0.4, 0.5) is 0 Å². The van der Waals surface area contributed by atoms with E-state index in [9.17, 15) is 4.79 Å². The number of amides is 1. The molecule has 2 heterocycles. The fourth-order valence-electron chi connectivity index (χ4n) is 2.03. The van der Waals surface area contributed by atoms with E-state index in [1.165, 1.54) is 0 Å². The SMILES string of the molecule is CCCc1nccn1Cc1cc(C(=O)NN)c(C)o1. The number of hydrogen-bond donors (Lipinski definition) is 2. The summed E-state index contributed by atoms with van der Waals surface area (Å²) in [6, 6.07) is 1.72. The van der Waals surface area contributed by atoms with E-state index < -0.39 is 0 Å². The third kappa shape index (κ3) is 2.85. The van der Waals surface area contributed by atoms with Crippen molar-refractivity contribution in [1.29, 1.82) is 0 Å². The van der Waals surface area contributed by atoms with E-state index >= 15 is 0 Å². The molecule has 2 rings (SSSR count). The monoisotopic (exact) mass is 262 g/mol. The summed E-state index contributed by atoms with van der Waals surface area (Å²) in [4.78, 5) is 15.8. The van der Waals surface area contributed by atoms with Crippen molar-refractivity contribution in [3.05, 3.63) is 41.4 Å². The largest absolute Gasteiger partial charge is 0.464 e. The molecule has 1 amide bonds. The number of hydrogen-bond acceptors (Lipinski definition) is 4. The molecule has 3 N–H and O–H groups in total. The minimum Gasteiger partial charge on any atom is -0.464 e. The van der Waals surface area contributed by atoms with Crippen molar-refractivity contribution in [2.75, 3.05) is 0 Å². The van der Waals surface area contributed by atoms with Gasteiger partial charge in [-0.15, -0.1) is 0 Å². The Morgan fingerprint density at radius 3 is 3.05 bits per heavy atom. The van der Waals surface area contributed by atoms with Crippen molar-refractivity contribution in [2.45, 2.75) is 33.2 Å². The second-order valence-corrected chi connectivity index (χ2v) is 4.38. The van der Waals surface area contributed by atoms with Crippen LogP contribution in [0.15, 0.2) is 22.9 Å². The molecule has 0 fully saturated rings. The molecule has 2 aromatic heterocycles. The quantitative estimate of drug-likeness (QED) is 0.484. The molecule has 0 spiro atoms. The van der Waals surface area contributed by atoms with Crippen LogP contribution in [0.2, 0.25) is 0 Å². The molecule has 0 bridgehead atoms. The van der Waals surface area contributed by atoms with Crippen LogP contribution in [0.5, 0.6) is 0 Å². The van der Waals surface area contributed by atoms with Crippen LogP contribution >= 0.6 is 0 Å². The van der Waals surface area contributed by atoms with E-state index in [1.54, 1.807) is 19.2 Å². The van der Waals surface area contributed by atoms with Crippen LogP contribution in [-0.4, -0.2) is 15.5 Å². The topological polar surface area (TPSA) is 86.1 Å². The maximum atomic E-state index is 11.5. The Bertz CT molecular complexity index is 571. The van der Waals surface area contributed by atoms with E-state index in [-0.39, 0.29) is 5.91 Å². The zero-order valence-electron chi connectivity index (χ0n) is 11.1. The number of carbonyl (C=O) groups is 1. The number of hydrazine groups is 1. The molecule has 102 valence electrons. The number of rotatable bonds is 5. The highest BCUT2D eigenvalue weighted by atomic mass is 16.3. The van der Waals surface area contributed by atoms with Crippen molar-refractivity contribution >= 4 is 5.91 Å². The molecule has 19 heavy (non-hydrogen) atoms. The van der Waals surface area contributed by atoms with Crippen molar-refractivity contribution in [2.24, 2.45) is 5.84 Å². The predicted molar refractivity (Wildman–Crippen MR) is 70.4 cm³/mol. The van der Waals surface area contributed by atoms with E-state index in [1.807, 2.05) is 10.8 Å². The van der Waals surface area contributed by atoms with Gasteiger partial charge in [0.05, 0.1) is 12.1 Å². The van der Waals surface area contributed by atoms with E-state index in [0.29, 0.717) is 23.6 Å². The molecule has 6 heteroatoms. The number of carbonyl (C=O) groups excluding carboxylic acids is 1. The molecular weight excluding hydrogens is 244 g/mol. The van der Waals surface area contributed by atoms with Gasteiger partial charge in [-0.1, -0.05) is 6.92 Å². The molecule has 6 nitrogen and oxygen atoms in total. The van der Waals surface area contributed by atoms with Gasteiger partial charge in [-0.3, -0.25) is 10.2 Å². The number of nitrogens with one attached hydrogen (secondary N) is 1. The van der Waals surface area contributed by atoms with Gasteiger partial charge in [0.15, 0.2) is 0 Å². The molecule has 0 saturated carbocycles. The predicted octanol–water partition coefficient (Wildman–Crippen LogP) is 1.39. The van der Waals surface area contributed by atoms with Crippen LogP contribution < -0.4 is 11.3 Å².